The monoisotopic (exact) mass is 293 g/mol. The number of hydrogen-bond donors (Lipinski definition) is 1. The lowest BCUT2D eigenvalue weighted by molar-refractivity contribution is 0.560. The van der Waals surface area contributed by atoms with Crippen LogP contribution in [0.3, 0.4) is 0 Å². The fourth-order valence-corrected chi connectivity index (χ4v) is 2.60. The van der Waals surface area contributed by atoms with Gasteiger partial charge in [0.05, 0.1) is 0 Å². The molecule has 0 amide bonds. The van der Waals surface area contributed by atoms with Crippen molar-refractivity contribution < 1.29 is 4.42 Å². The predicted molar refractivity (Wildman–Crippen MR) is 90.5 cm³/mol. The van der Waals surface area contributed by atoms with Crippen molar-refractivity contribution in [3.63, 3.8) is 0 Å². The van der Waals surface area contributed by atoms with E-state index in [0.29, 0.717) is 5.58 Å². The Hall–Kier alpha value is -2.55. The van der Waals surface area contributed by atoms with Crippen LogP contribution in [0.15, 0.2) is 63.8 Å². The van der Waals surface area contributed by atoms with Crippen molar-refractivity contribution in [1.29, 1.82) is 0 Å². The highest BCUT2D eigenvalue weighted by Crippen LogP contribution is 2.20. The van der Waals surface area contributed by atoms with E-state index >= 15 is 0 Å². The first kappa shape index (κ1) is 14.4. The summed E-state index contributed by atoms with van der Waals surface area (Å²) in [4.78, 5) is 11.4. The first-order chi connectivity index (χ1) is 10.7. The second kappa shape index (κ2) is 6.48. The van der Waals surface area contributed by atoms with Crippen molar-refractivity contribution in [2.45, 2.75) is 19.8 Å². The Morgan fingerprint density at radius 3 is 2.68 bits per heavy atom. The fourth-order valence-electron chi connectivity index (χ4n) is 2.60. The third-order valence-corrected chi connectivity index (χ3v) is 3.77. The summed E-state index contributed by atoms with van der Waals surface area (Å²) in [6, 6.07) is 17.9. The van der Waals surface area contributed by atoms with Gasteiger partial charge in [-0.25, -0.2) is 4.79 Å². The normalized spacial score (nSPS) is 10.8. The number of fused-ring (bicyclic) bond motifs is 1. The summed E-state index contributed by atoms with van der Waals surface area (Å²) in [6.07, 6.45) is 2.11. The van der Waals surface area contributed by atoms with Crippen LogP contribution in [0.1, 0.15) is 17.5 Å². The van der Waals surface area contributed by atoms with Gasteiger partial charge in [-0.1, -0.05) is 30.3 Å². The van der Waals surface area contributed by atoms with Crippen LogP contribution in [-0.4, -0.2) is 6.54 Å². The summed E-state index contributed by atoms with van der Waals surface area (Å²) in [5.41, 5.74) is 3.62. The van der Waals surface area contributed by atoms with E-state index in [2.05, 4.69) is 29.6 Å². The second-order valence-electron chi connectivity index (χ2n) is 5.48. The zero-order chi connectivity index (χ0) is 15.4. The quantitative estimate of drug-likeness (QED) is 0.567. The van der Waals surface area contributed by atoms with Crippen molar-refractivity contribution >= 4 is 16.7 Å². The van der Waals surface area contributed by atoms with Crippen molar-refractivity contribution in [1.82, 2.24) is 0 Å². The molecular formula is C19H19NO2. The third-order valence-electron chi connectivity index (χ3n) is 3.77. The standard InChI is InChI=1S/C19H19NO2/c1-14-12-19(21)22-18-13-16(9-10-17(14)18)20-11-5-8-15-6-3-2-4-7-15/h2-4,6-7,9-10,12-13,20H,5,8,11H2,1H3. The van der Waals surface area contributed by atoms with Gasteiger partial charge in [0.1, 0.15) is 5.58 Å². The Labute approximate surface area is 129 Å². The van der Waals surface area contributed by atoms with E-state index in [1.807, 2.05) is 31.2 Å². The molecule has 0 aliphatic heterocycles. The van der Waals surface area contributed by atoms with Crippen LogP contribution in [0.25, 0.3) is 11.0 Å². The van der Waals surface area contributed by atoms with Gasteiger partial charge in [0.2, 0.25) is 0 Å². The summed E-state index contributed by atoms with van der Waals surface area (Å²) < 4.78 is 5.26. The van der Waals surface area contributed by atoms with Crippen LogP contribution in [0.5, 0.6) is 0 Å². The average Bonchev–Trinajstić information content (AvgIpc) is 2.52. The van der Waals surface area contributed by atoms with Crippen LogP contribution in [0, 0.1) is 6.92 Å². The molecule has 0 aliphatic rings. The summed E-state index contributed by atoms with van der Waals surface area (Å²) in [6.45, 7) is 2.81. The van der Waals surface area contributed by atoms with Gasteiger partial charge in [0, 0.05) is 29.8 Å². The second-order valence-corrected chi connectivity index (χ2v) is 5.48. The SMILES string of the molecule is Cc1cc(=O)oc2cc(NCCCc3ccccc3)ccc12. The van der Waals surface area contributed by atoms with E-state index in [-0.39, 0.29) is 5.63 Å². The number of hydrogen-bond acceptors (Lipinski definition) is 3. The molecule has 0 bridgehead atoms. The molecule has 1 N–H and O–H groups in total. The molecule has 3 heteroatoms. The minimum absolute atomic E-state index is 0.300. The van der Waals surface area contributed by atoms with E-state index in [4.69, 9.17) is 4.42 Å². The Morgan fingerprint density at radius 1 is 1.05 bits per heavy atom. The molecule has 0 atom stereocenters. The van der Waals surface area contributed by atoms with E-state index < -0.39 is 0 Å². The van der Waals surface area contributed by atoms with Gasteiger partial charge in [-0.05, 0) is 43.0 Å². The number of rotatable bonds is 5. The number of aryl methyl sites for hydroxylation is 2. The highest BCUT2D eigenvalue weighted by atomic mass is 16.4. The summed E-state index contributed by atoms with van der Waals surface area (Å²) in [5, 5.41) is 4.36. The topological polar surface area (TPSA) is 42.2 Å². The van der Waals surface area contributed by atoms with Crippen molar-refractivity contribution in [2.24, 2.45) is 0 Å². The third kappa shape index (κ3) is 3.37. The van der Waals surface area contributed by atoms with Gasteiger partial charge in [-0.3, -0.25) is 0 Å². The number of benzene rings is 2. The lowest BCUT2D eigenvalue weighted by atomic mass is 10.1. The van der Waals surface area contributed by atoms with Gasteiger partial charge < -0.3 is 9.73 Å². The zero-order valence-corrected chi connectivity index (χ0v) is 12.6. The van der Waals surface area contributed by atoms with E-state index in [0.717, 1.165) is 36.0 Å². The fraction of sp³-hybridized carbons (Fsp3) is 0.211. The molecule has 0 saturated carbocycles. The highest BCUT2D eigenvalue weighted by molar-refractivity contribution is 5.83. The molecule has 0 unspecified atom stereocenters. The first-order valence-electron chi connectivity index (χ1n) is 7.55. The summed E-state index contributed by atoms with van der Waals surface area (Å²) in [7, 11) is 0. The molecule has 0 aliphatic carbocycles. The van der Waals surface area contributed by atoms with Gasteiger partial charge in [0.15, 0.2) is 0 Å². The van der Waals surface area contributed by atoms with Crippen LogP contribution in [-0.2, 0) is 6.42 Å². The minimum Gasteiger partial charge on any atom is -0.423 e. The molecule has 3 rings (SSSR count). The van der Waals surface area contributed by atoms with Gasteiger partial charge >= 0.3 is 5.63 Å². The van der Waals surface area contributed by atoms with E-state index in [9.17, 15) is 4.79 Å². The predicted octanol–water partition coefficient (Wildman–Crippen LogP) is 4.15. The van der Waals surface area contributed by atoms with Crippen LogP contribution < -0.4 is 10.9 Å². The van der Waals surface area contributed by atoms with Gasteiger partial charge in [-0.15, -0.1) is 0 Å². The lowest BCUT2D eigenvalue weighted by Crippen LogP contribution is -2.03. The van der Waals surface area contributed by atoms with Gasteiger partial charge in [-0.2, -0.15) is 0 Å². The molecule has 3 aromatic rings. The average molecular weight is 293 g/mol. The molecular weight excluding hydrogens is 274 g/mol. The molecule has 0 radical (unpaired) electrons. The zero-order valence-electron chi connectivity index (χ0n) is 12.6. The largest absolute Gasteiger partial charge is 0.423 e. The lowest BCUT2D eigenvalue weighted by Gasteiger charge is -2.08. The molecule has 0 fully saturated rings. The van der Waals surface area contributed by atoms with Crippen molar-refractivity contribution in [3.8, 4) is 0 Å². The first-order valence-corrected chi connectivity index (χ1v) is 7.55. The Bertz CT molecular complexity index is 822. The maximum atomic E-state index is 11.4. The Morgan fingerprint density at radius 2 is 1.86 bits per heavy atom. The minimum atomic E-state index is -0.300. The molecule has 112 valence electrons. The van der Waals surface area contributed by atoms with E-state index in [1.165, 1.54) is 11.6 Å². The maximum absolute atomic E-state index is 11.4. The Balaban J connectivity index is 1.63. The van der Waals surface area contributed by atoms with Crippen molar-refractivity contribution in [3.05, 3.63) is 76.1 Å². The molecule has 0 spiro atoms. The highest BCUT2D eigenvalue weighted by Gasteiger charge is 2.03. The molecule has 2 aromatic carbocycles. The molecule has 22 heavy (non-hydrogen) atoms. The van der Waals surface area contributed by atoms with Gasteiger partial charge in [0.25, 0.3) is 0 Å². The smallest absolute Gasteiger partial charge is 0.336 e. The van der Waals surface area contributed by atoms with Crippen LogP contribution >= 0.6 is 0 Å². The summed E-state index contributed by atoms with van der Waals surface area (Å²) >= 11 is 0. The number of anilines is 1. The maximum Gasteiger partial charge on any atom is 0.336 e. The summed E-state index contributed by atoms with van der Waals surface area (Å²) in [5.74, 6) is 0. The van der Waals surface area contributed by atoms with Crippen LogP contribution in [0.2, 0.25) is 0 Å². The Kier molecular flexibility index (Phi) is 4.24. The molecule has 0 saturated heterocycles. The molecule has 3 nitrogen and oxygen atoms in total. The van der Waals surface area contributed by atoms with E-state index in [1.54, 1.807) is 0 Å². The molecule has 1 heterocycles. The van der Waals surface area contributed by atoms with Crippen LogP contribution in [0.4, 0.5) is 5.69 Å². The molecule has 1 aromatic heterocycles. The van der Waals surface area contributed by atoms with Crippen molar-refractivity contribution in [2.75, 3.05) is 11.9 Å². The number of nitrogens with one attached hydrogen (secondary N) is 1.